The van der Waals surface area contributed by atoms with E-state index in [1.54, 1.807) is 0 Å². The van der Waals surface area contributed by atoms with E-state index in [0.717, 1.165) is 31.2 Å². The Balaban J connectivity index is 1.71. The van der Waals surface area contributed by atoms with Crippen LogP contribution in [0.3, 0.4) is 0 Å². The van der Waals surface area contributed by atoms with E-state index in [0.29, 0.717) is 0 Å². The van der Waals surface area contributed by atoms with Gasteiger partial charge in [-0.2, -0.15) is 5.10 Å². The predicted molar refractivity (Wildman–Crippen MR) is 55.4 cm³/mol. The first kappa shape index (κ1) is 9.56. The van der Waals surface area contributed by atoms with Crippen molar-refractivity contribution in [1.29, 1.82) is 0 Å². The minimum Gasteiger partial charge on any atom is -0.490 e. The Morgan fingerprint density at radius 3 is 3.14 bits per heavy atom. The molecule has 2 rings (SSSR count). The highest BCUT2D eigenvalue weighted by molar-refractivity contribution is 5.11. The van der Waals surface area contributed by atoms with Crippen LogP contribution in [0.2, 0.25) is 0 Å². The molecule has 0 N–H and O–H groups in total. The lowest BCUT2D eigenvalue weighted by Gasteiger charge is -2.01. The molecule has 0 saturated heterocycles. The third-order valence-corrected chi connectivity index (χ3v) is 2.55. The third-order valence-electron chi connectivity index (χ3n) is 2.55. The fourth-order valence-corrected chi connectivity index (χ4v) is 1.52. The number of hydrogen-bond donors (Lipinski definition) is 0. The first-order valence-electron chi connectivity index (χ1n) is 5.53. The van der Waals surface area contributed by atoms with E-state index in [-0.39, 0.29) is 0 Å². The van der Waals surface area contributed by atoms with Gasteiger partial charge in [0.25, 0.3) is 0 Å². The molecule has 1 heterocycles. The van der Waals surface area contributed by atoms with Crippen LogP contribution in [-0.4, -0.2) is 16.4 Å². The fourth-order valence-electron chi connectivity index (χ4n) is 1.52. The summed E-state index contributed by atoms with van der Waals surface area (Å²) in [4.78, 5) is 0. The van der Waals surface area contributed by atoms with Crippen LogP contribution in [0, 0.1) is 5.92 Å². The summed E-state index contributed by atoms with van der Waals surface area (Å²) in [7, 11) is 0. The van der Waals surface area contributed by atoms with Gasteiger partial charge >= 0.3 is 0 Å². The quantitative estimate of drug-likeness (QED) is 0.695. The molecule has 1 fully saturated rings. The van der Waals surface area contributed by atoms with Crippen molar-refractivity contribution in [2.75, 3.05) is 6.61 Å². The van der Waals surface area contributed by atoms with Gasteiger partial charge in [-0.15, -0.1) is 0 Å². The molecule has 0 radical (unpaired) electrons. The molecule has 0 spiro atoms. The van der Waals surface area contributed by atoms with Crippen molar-refractivity contribution < 1.29 is 4.74 Å². The second kappa shape index (κ2) is 4.49. The summed E-state index contributed by atoms with van der Waals surface area (Å²) < 4.78 is 7.54. The van der Waals surface area contributed by atoms with Gasteiger partial charge < -0.3 is 4.74 Å². The molecule has 3 heteroatoms. The topological polar surface area (TPSA) is 27.1 Å². The highest BCUT2D eigenvalue weighted by Gasteiger charge is 2.20. The van der Waals surface area contributed by atoms with Crippen LogP contribution >= 0.6 is 0 Å². The molecule has 1 aliphatic rings. The summed E-state index contributed by atoms with van der Waals surface area (Å²) in [6.07, 6.45) is 8.91. The van der Waals surface area contributed by atoms with E-state index in [2.05, 4.69) is 12.0 Å². The molecule has 3 nitrogen and oxygen atoms in total. The van der Waals surface area contributed by atoms with Crippen LogP contribution in [0.1, 0.15) is 32.6 Å². The van der Waals surface area contributed by atoms with Crippen molar-refractivity contribution in [2.45, 2.75) is 39.2 Å². The maximum absolute atomic E-state index is 5.60. The minimum absolute atomic E-state index is 0.850. The molecule has 0 unspecified atom stereocenters. The van der Waals surface area contributed by atoms with E-state index < -0.39 is 0 Å². The molecule has 1 aliphatic carbocycles. The zero-order valence-corrected chi connectivity index (χ0v) is 8.78. The van der Waals surface area contributed by atoms with Crippen LogP contribution in [0.5, 0.6) is 5.75 Å². The van der Waals surface area contributed by atoms with Gasteiger partial charge in [0.05, 0.1) is 19.0 Å². The summed E-state index contributed by atoms with van der Waals surface area (Å²) in [5.74, 6) is 1.86. The van der Waals surface area contributed by atoms with Gasteiger partial charge in [-0.1, -0.05) is 19.8 Å². The molecule has 0 bridgehead atoms. The standard InChI is InChI=1S/C11H18N2O/c1-2-6-13-9-11(8-12-13)14-7-5-10-3-4-10/h8-10H,2-7H2,1H3. The number of nitrogens with zero attached hydrogens (tertiary/aromatic N) is 2. The Hall–Kier alpha value is -0.990. The molecule has 1 saturated carbocycles. The normalized spacial score (nSPS) is 15.8. The Morgan fingerprint density at radius 2 is 2.43 bits per heavy atom. The third kappa shape index (κ3) is 2.76. The molecular weight excluding hydrogens is 176 g/mol. The highest BCUT2D eigenvalue weighted by Crippen LogP contribution is 2.32. The summed E-state index contributed by atoms with van der Waals surface area (Å²) in [6, 6.07) is 0. The van der Waals surface area contributed by atoms with Crippen molar-refractivity contribution in [2.24, 2.45) is 5.92 Å². The lowest BCUT2D eigenvalue weighted by molar-refractivity contribution is 0.302. The zero-order chi connectivity index (χ0) is 9.80. The Kier molecular flexibility index (Phi) is 3.07. The average molecular weight is 194 g/mol. The molecule has 1 aromatic rings. The molecule has 1 aromatic heterocycles. The van der Waals surface area contributed by atoms with Gasteiger partial charge in [-0.25, -0.2) is 0 Å². The van der Waals surface area contributed by atoms with Gasteiger partial charge in [0, 0.05) is 6.54 Å². The molecule has 78 valence electrons. The van der Waals surface area contributed by atoms with E-state index in [9.17, 15) is 0 Å². The van der Waals surface area contributed by atoms with Crippen LogP contribution in [0.25, 0.3) is 0 Å². The Labute approximate surface area is 85.1 Å². The fraction of sp³-hybridized carbons (Fsp3) is 0.727. The van der Waals surface area contributed by atoms with E-state index >= 15 is 0 Å². The smallest absolute Gasteiger partial charge is 0.157 e. The average Bonchev–Trinajstić information content (AvgIpc) is 2.88. The highest BCUT2D eigenvalue weighted by atomic mass is 16.5. The van der Waals surface area contributed by atoms with Crippen LogP contribution in [0.4, 0.5) is 0 Å². The SMILES string of the molecule is CCCn1cc(OCCC2CC2)cn1. The zero-order valence-electron chi connectivity index (χ0n) is 8.78. The summed E-state index contributed by atoms with van der Waals surface area (Å²) in [6.45, 7) is 3.98. The molecule has 0 aromatic carbocycles. The van der Waals surface area contributed by atoms with Crippen molar-refractivity contribution in [3.05, 3.63) is 12.4 Å². The summed E-state index contributed by atoms with van der Waals surface area (Å²) in [5, 5.41) is 4.21. The Bertz CT molecular complexity index is 279. The number of aryl methyl sites for hydroxylation is 1. The monoisotopic (exact) mass is 194 g/mol. The van der Waals surface area contributed by atoms with Crippen molar-refractivity contribution >= 4 is 0 Å². The first-order valence-corrected chi connectivity index (χ1v) is 5.53. The van der Waals surface area contributed by atoms with Crippen molar-refractivity contribution in [3.8, 4) is 5.75 Å². The maximum atomic E-state index is 5.60. The van der Waals surface area contributed by atoms with Crippen molar-refractivity contribution in [1.82, 2.24) is 9.78 Å². The molecule has 0 aliphatic heterocycles. The van der Waals surface area contributed by atoms with Gasteiger partial charge in [0.15, 0.2) is 5.75 Å². The minimum atomic E-state index is 0.850. The lowest BCUT2D eigenvalue weighted by atomic mass is 10.3. The van der Waals surface area contributed by atoms with Gasteiger partial charge in [-0.05, 0) is 18.8 Å². The van der Waals surface area contributed by atoms with Gasteiger partial charge in [0.2, 0.25) is 0 Å². The number of aromatic nitrogens is 2. The number of hydrogen-bond acceptors (Lipinski definition) is 2. The maximum Gasteiger partial charge on any atom is 0.157 e. The van der Waals surface area contributed by atoms with E-state index in [4.69, 9.17) is 4.74 Å². The Morgan fingerprint density at radius 1 is 1.57 bits per heavy atom. The van der Waals surface area contributed by atoms with E-state index in [1.165, 1.54) is 19.3 Å². The van der Waals surface area contributed by atoms with E-state index in [1.807, 2.05) is 17.1 Å². The summed E-state index contributed by atoms with van der Waals surface area (Å²) >= 11 is 0. The van der Waals surface area contributed by atoms with Gasteiger partial charge in [0.1, 0.15) is 0 Å². The second-order valence-electron chi connectivity index (χ2n) is 4.02. The summed E-state index contributed by atoms with van der Waals surface area (Å²) in [5.41, 5.74) is 0. The van der Waals surface area contributed by atoms with Crippen LogP contribution in [-0.2, 0) is 6.54 Å². The second-order valence-corrected chi connectivity index (χ2v) is 4.02. The first-order chi connectivity index (χ1) is 6.88. The van der Waals surface area contributed by atoms with Crippen LogP contribution in [0.15, 0.2) is 12.4 Å². The molecule has 0 amide bonds. The van der Waals surface area contributed by atoms with Gasteiger partial charge in [-0.3, -0.25) is 4.68 Å². The molecule has 0 atom stereocenters. The predicted octanol–water partition coefficient (Wildman–Crippen LogP) is 2.47. The molecular formula is C11H18N2O. The van der Waals surface area contributed by atoms with Crippen molar-refractivity contribution in [3.63, 3.8) is 0 Å². The lowest BCUT2D eigenvalue weighted by Crippen LogP contribution is -1.98. The number of ether oxygens (including phenoxy) is 1. The largest absolute Gasteiger partial charge is 0.490 e. The number of rotatable bonds is 6. The molecule has 14 heavy (non-hydrogen) atoms. The van der Waals surface area contributed by atoms with Crippen LogP contribution < -0.4 is 4.74 Å².